The summed E-state index contributed by atoms with van der Waals surface area (Å²) in [5.74, 6) is -1.24. The van der Waals surface area contributed by atoms with Gasteiger partial charge in [0, 0.05) is 44.8 Å². The second-order valence-electron chi connectivity index (χ2n) is 8.98. The van der Waals surface area contributed by atoms with Crippen molar-refractivity contribution in [2.24, 2.45) is 0 Å². The highest BCUT2D eigenvalue weighted by Gasteiger charge is 2.14. The number of anilines is 4. The number of carboxylic acids is 1. The molecule has 0 bridgehead atoms. The summed E-state index contributed by atoms with van der Waals surface area (Å²) >= 11 is 0. The molecule has 11 N–H and O–H groups in total. The molecule has 0 aliphatic carbocycles. The van der Waals surface area contributed by atoms with Crippen LogP contribution in [0.15, 0.2) is 101 Å². The number of H-pyrrole nitrogens is 1. The SMILES string of the molecule is Nc1c(C(=O)O)[nH]c2ccccc2c1=O.Nc1ccc(N)c2cc(S(=O)(=O)O)ccc12.Nc1ccc2ncccc2c1. The van der Waals surface area contributed by atoms with Crippen molar-refractivity contribution in [2.45, 2.75) is 4.90 Å². The van der Waals surface area contributed by atoms with Crippen molar-refractivity contribution < 1.29 is 22.9 Å². The van der Waals surface area contributed by atoms with Gasteiger partial charge in [-0.15, -0.1) is 0 Å². The maximum atomic E-state index is 11.6. The van der Waals surface area contributed by atoms with Crippen LogP contribution >= 0.6 is 0 Å². The van der Waals surface area contributed by atoms with Crippen LogP contribution in [0, 0.1) is 0 Å². The second-order valence-corrected chi connectivity index (χ2v) is 10.4. The number of aromatic nitrogens is 2. The summed E-state index contributed by atoms with van der Waals surface area (Å²) in [5, 5.41) is 11.4. The number of rotatable bonds is 2. The average Bonchev–Trinajstić information content (AvgIpc) is 2.97. The van der Waals surface area contributed by atoms with Crippen LogP contribution in [0.4, 0.5) is 22.7 Å². The first kappa shape index (κ1) is 29.3. The van der Waals surface area contributed by atoms with E-state index >= 15 is 0 Å². The van der Waals surface area contributed by atoms with Gasteiger partial charge in [0.05, 0.1) is 15.9 Å². The van der Waals surface area contributed by atoms with Crippen LogP contribution in [0.1, 0.15) is 10.5 Å². The molecule has 0 unspecified atom stereocenters. The van der Waals surface area contributed by atoms with Crippen molar-refractivity contribution in [3.8, 4) is 0 Å². The van der Waals surface area contributed by atoms with Gasteiger partial charge in [-0.2, -0.15) is 8.42 Å². The molecule has 0 fully saturated rings. The summed E-state index contributed by atoms with van der Waals surface area (Å²) in [6, 6.07) is 23.6. The lowest BCUT2D eigenvalue weighted by atomic mass is 10.1. The monoisotopic (exact) mass is 586 g/mol. The Labute approximate surface area is 239 Å². The quantitative estimate of drug-likeness (QED) is 0.113. The van der Waals surface area contributed by atoms with Gasteiger partial charge in [0.1, 0.15) is 5.69 Å². The molecule has 0 atom stereocenters. The molecule has 12 nitrogen and oxygen atoms in total. The number of nitrogens with two attached hydrogens (primary N) is 4. The van der Waals surface area contributed by atoms with E-state index in [0.717, 1.165) is 16.6 Å². The number of aromatic amines is 1. The van der Waals surface area contributed by atoms with E-state index in [2.05, 4.69) is 9.97 Å². The van der Waals surface area contributed by atoms with Gasteiger partial charge in [-0.3, -0.25) is 14.3 Å². The van der Waals surface area contributed by atoms with Gasteiger partial charge in [-0.25, -0.2) is 4.79 Å². The smallest absolute Gasteiger partial charge is 0.354 e. The molecular weight excluding hydrogens is 560 g/mol. The molecule has 4 aromatic carbocycles. The number of aromatic carboxylic acids is 1. The van der Waals surface area contributed by atoms with Gasteiger partial charge in [-0.1, -0.05) is 24.3 Å². The van der Waals surface area contributed by atoms with Crippen LogP contribution in [-0.2, 0) is 10.1 Å². The number of para-hydroxylation sites is 1. The number of hydrogen-bond acceptors (Lipinski definition) is 9. The number of carboxylic acid groups (broad SMARTS) is 1. The Morgan fingerprint density at radius 1 is 0.786 bits per heavy atom. The summed E-state index contributed by atoms with van der Waals surface area (Å²) < 4.78 is 30.8. The Morgan fingerprint density at radius 3 is 2.17 bits per heavy atom. The Kier molecular flexibility index (Phi) is 8.26. The zero-order valence-corrected chi connectivity index (χ0v) is 22.7. The molecule has 0 saturated heterocycles. The molecule has 0 aliphatic heterocycles. The Bertz CT molecular complexity index is 2130. The van der Waals surface area contributed by atoms with E-state index in [1.165, 1.54) is 18.2 Å². The van der Waals surface area contributed by atoms with Crippen molar-refractivity contribution in [1.29, 1.82) is 0 Å². The number of pyridine rings is 2. The Hall–Kier alpha value is -5.66. The van der Waals surface area contributed by atoms with Crippen molar-refractivity contribution in [2.75, 3.05) is 22.9 Å². The normalized spacial score (nSPS) is 10.9. The lowest BCUT2D eigenvalue weighted by Crippen LogP contribution is -2.16. The minimum Gasteiger partial charge on any atom is -0.477 e. The maximum absolute atomic E-state index is 11.6. The molecule has 13 heteroatoms. The number of nitrogens with zero attached hydrogens (tertiary/aromatic N) is 1. The fourth-order valence-corrected chi connectivity index (χ4v) is 4.55. The predicted octanol–water partition coefficient (Wildman–Crippen LogP) is 3.88. The highest BCUT2D eigenvalue weighted by Crippen LogP contribution is 2.28. The topological polar surface area (TPSA) is 242 Å². The zero-order valence-electron chi connectivity index (χ0n) is 21.9. The number of hydrogen-bond donors (Lipinski definition) is 7. The van der Waals surface area contributed by atoms with Crippen LogP contribution in [-0.4, -0.2) is 34.0 Å². The van der Waals surface area contributed by atoms with E-state index in [4.69, 9.17) is 32.6 Å². The summed E-state index contributed by atoms with van der Waals surface area (Å²) in [6.45, 7) is 0. The van der Waals surface area contributed by atoms with Crippen molar-refractivity contribution in [3.05, 3.63) is 107 Å². The standard InChI is InChI=1S/C10H10N2O3S.C10H8N2O3.C9H8N2/c11-9-3-4-10(12)8-5-6(16(13,14)15)1-2-7(8)9;11-7-8(10(14)15)12-6-4-2-1-3-5(6)9(7)13;10-8-3-4-9-7(6-8)2-1-5-11-9/h1-5H,11-12H2,(H,13,14,15);1-4H,11H2,(H,12,13)(H,14,15);1-6H,10H2. The molecule has 42 heavy (non-hydrogen) atoms. The van der Waals surface area contributed by atoms with E-state index < -0.39 is 21.5 Å². The van der Waals surface area contributed by atoms with E-state index in [1.807, 2.05) is 30.3 Å². The summed E-state index contributed by atoms with van der Waals surface area (Å²) in [4.78, 5) is 29.0. The van der Waals surface area contributed by atoms with Crippen LogP contribution in [0.3, 0.4) is 0 Å². The van der Waals surface area contributed by atoms with Crippen LogP contribution < -0.4 is 28.4 Å². The third kappa shape index (κ3) is 6.38. The fourth-order valence-electron chi connectivity index (χ4n) is 4.05. The molecule has 6 rings (SSSR count). The largest absolute Gasteiger partial charge is 0.477 e. The molecule has 2 aromatic heterocycles. The minimum atomic E-state index is -4.22. The summed E-state index contributed by atoms with van der Waals surface area (Å²) in [5.41, 5.74) is 24.6. The molecular formula is C29H26N6O6S. The molecule has 0 aliphatic rings. The van der Waals surface area contributed by atoms with Crippen molar-refractivity contribution in [1.82, 2.24) is 9.97 Å². The van der Waals surface area contributed by atoms with Gasteiger partial charge >= 0.3 is 5.97 Å². The molecule has 6 aromatic rings. The molecule has 2 heterocycles. The summed E-state index contributed by atoms with van der Waals surface area (Å²) in [7, 11) is -4.22. The highest BCUT2D eigenvalue weighted by atomic mass is 32.2. The second kappa shape index (κ2) is 11.8. The van der Waals surface area contributed by atoms with E-state index in [-0.39, 0.29) is 16.3 Å². The Balaban J connectivity index is 0.000000147. The fraction of sp³-hybridized carbons (Fsp3) is 0. The molecule has 0 spiro atoms. The van der Waals surface area contributed by atoms with Crippen LogP contribution in [0.2, 0.25) is 0 Å². The maximum Gasteiger partial charge on any atom is 0.354 e. The minimum absolute atomic E-state index is 0.197. The average molecular weight is 587 g/mol. The van der Waals surface area contributed by atoms with Crippen LogP contribution in [0.25, 0.3) is 32.6 Å². The molecule has 0 saturated carbocycles. The van der Waals surface area contributed by atoms with E-state index in [1.54, 1.807) is 42.6 Å². The molecule has 214 valence electrons. The zero-order chi connectivity index (χ0) is 30.6. The first-order valence-corrected chi connectivity index (χ1v) is 13.6. The van der Waals surface area contributed by atoms with E-state index in [0.29, 0.717) is 33.1 Å². The lowest BCUT2D eigenvalue weighted by Gasteiger charge is -2.06. The third-order valence-corrected chi connectivity index (χ3v) is 6.99. The number of fused-ring (bicyclic) bond motifs is 3. The van der Waals surface area contributed by atoms with Gasteiger partial charge in [0.25, 0.3) is 10.1 Å². The van der Waals surface area contributed by atoms with Crippen molar-refractivity contribution in [3.63, 3.8) is 0 Å². The van der Waals surface area contributed by atoms with Gasteiger partial charge < -0.3 is 33.0 Å². The number of benzene rings is 4. The van der Waals surface area contributed by atoms with Gasteiger partial charge in [0.15, 0.2) is 5.69 Å². The predicted molar refractivity (Wildman–Crippen MR) is 165 cm³/mol. The van der Waals surface area contributed by atoms with Gasteiger partial charge in [0.2, 0.25) is 5.43 Å². The molecule has 0 radical (unpaired) electrons. The van der Waals surface area contributed by atoms with Gasteiger partial charge in [-0.05, 0) is 60.7 Å². The first-order chi connectivity index (χ1) is 19.9. The number of nitrogen functional groups attached to an aromatic ring is 4. The van der Waals surface area contributed by atoms with E-state index in [9.17, 15) is 18.0 Å². The van der Waals surface area contributed by atoms with Crippen LogP contribution in [0.5, 0.6) is 0 Å². The van der Waals surface area contributed by atoms with Crippen molar-refractivity contribution >= 4 is 71.4 Å². The number of carbonyl (C=O) groups is 1. The number of nitrogens with one attached hydrogen (secondary N) is 1. The first-order valence-electron chi connectivity index (χ1n) is 12.2. The highest BCUT2D eigenvalue weighted by molar-refractivity contribution is 7.85. The Morgan fingerprint density at radius 2 is 1.48 bits per heavy atom. The molecule has 0 amide bonds. The summed E-state index contributed by atoms with van der Waals surface area (Å²) in [6.07, 6.45) is 1.78. The lowest BCUT2D eigenvalue weighted by molar-refractivity contribution is 0.0692. The third-order valence-electron chi connectivity index (χ3n) is 6.14.